The van der Waals surface area contributed by atoms with Crippen LogP contribution < -0.4 is 0 Å². The Morgan fingerprint density at radius 3 is 1.76 bits per heavy atom. The first-order valence-corrected chi connectivity index (χ1v) is 9.35. The number of benzene rings is 2. The molecule has 3 rings (SSSR count). The number of ether oxygens (including phenoxy) is 3. The van der Waals surface area contributed by atoms with Gasteiger partial charge in [0.05, 0.1) is 17.7 Å². The Morgan fingerprint density at radius 1 is 0.818 bits per heavy atom. The molecule has 0 aromatic heterocycles. The first kappa shape index (κ1) is 23.7. The highest BCUT2D eigenvalue weighted by molar-refractivity contribution is 5.92. The Bertz CT molecular complexity index is 1020. The molecule has 178 valence electrons. The Balaban J connectivity index is 1.74. The zero-order valence-corrected chi connectivity index (χ0v) is 16.7. The van der Waals surface area contributed by atoms with Crippen molar-refractivity contribution in [3.05, 3.63) is 35.4 Å². The predicted molar refractivity (Wildman–Crippen MR) is 104 cm³/mol. The first-order chi connectivity index (χ1) is 15.5. The molecule has 1 aliphatic heterocycles. The molecule has 0 saturated carbocycles. The van der Waals surface area contributed by atoms with E-state index in [0.717, 1.165) is 24.3 Å². The number of phenolic OH excluding ortho intramolecular Hbond substituents is 6. The quantitative estimate of drug-likeness (QED) is 0.203. The van der Waals surface area contributed by atoms with Crippen LogP contribution in [0.25, 0.3) is 0 Å². The molecule has 13 nitrogen and oxygen atoms in total. The van der Waals surface area contributed by atoms with Crippen molar-refractivity contribution < 1.29 is 64.7 Å². The number of phenols is 6. The van der Waals surface area contributed by atoms with E-state index < -0.39 is 83.0 Å². The van der Waals surface area contributed by atoms with Crippen LogP contribution in [0.15, 0.2) is 24.3 Å². The zero-order chi connectivity index (χ0) is 24.4. The lowest BCUT2D eigenvalue weighted by atomic mass is 10.00. The number of hydrogen-bond donors (Lipinski definition) is 8. The highest BCUT2D eigenvalue weighted by Gasteiger charge is 2.42. The molecule has 13 heteroatoms. The van der Waals surface area contributed by atoms with Crippen molar-refractivity contribution in [3.63, 3.8) is 0 Å². The summed E-state index contributed by atoms with van der Waals surface area (Å²) >= 11 is 0. The van der Waals surface area contributed by atoms with Gasteiger partial charge in [-0.05, 0) is 24.3 Å². The molecule has 4 atom stereocenters. The average Bonchev–Trinajstić information content (AvgIpc) is 2.77. The number of aliphatic hydroxyl groups is 2. The van der Waals surface area contributed by atoms with Crippen LogP contribution in [0, 0.1) is 0 Å². The summed E-state index contributed by atoms with van der Waals surface area (Å²) in [5, 5.41) is 76.9. The number of aromatic hydroxyl groups is 6. The standard InChI is InChI=1S/C20H20O13/c21-9-1-7(2-10(22)15(9)26)19(29)32-6-14-18(17(28)13(25)5-31-14)33-20(30)8-3-11(23)16(27)12(24)4-8/h1-4,13-14,17-18,21-28H,5-6H2/t13-,14?,17?,18+/m0/s1. The van der Waals surface area contributed by atoms with Gasteiger partial charge in [-0.1, -0.05) is 0 Å². The van der Waals surface area contributed by atoms with Crippen molar-refractivity contribution >= 4 is 11.9 Å². The van der Waals surface area contributed by atoms with E-state index in [9.17, 15) is 50.4 Å². The molecule has 1 aliphatic rings. The molecule has 0 bridgehead atoms. The summed E-state index contributed by atoms with van der Waals surface area (Å²) in [7, 11) is 0. The molecule has 33 heavy (non-hydrogen) atoms. The number of carbonyl (C=O) groups excluding carboxylic acids is 2. The highest BCUT2D eigenvalue weighted by Crippen LogP contribution is 2.37. The van der Waals surface area contributed by atoms with Gasteiger partial charge in [-0.15, -0.1) is 0 Å². The van der Waals surface area contributed by atoms with Gasteiger partial charge < -0.3 is 55.1 Å². The van der Waals surface area contributed by atoms with E-state index in [2.05, 4.69) is 0 Å². The third kappa shape index (κ3) is 4.95. The van der Waals surface area contributed by atoms with Crippen LogP contribution in [0.4, 0.5) is 0 Å². The van der Waals surface area contributed by atoms with Crippen molar-refractivity contribution in [3.8, 4) is 34.5 Å². The van der Waals surface area contributed by atoms with Gasteiger partial charge in [0, 0.05) is 0 Å². The Morgan fingerprint density at radius 2 is 1.27 bits per heavy atom. The fraction of sp³-hybridized carbons (Fsp3) is 0.300. The number of hydrogen-bond acceptors (Lipinski definition) is 13. The van der Waals surface area contributed by atoms with Gasteiger partial charge in [-0.3, -0.25) is 0 Å². The lowest BCUT2D eigenvalue weighted by Crippen LogP contribution is -2.56. The number of aliphatic hydroxyl groups excluding tert-OH is 2. The molecule has 1 saturated heterocycles. The molecule has 0 radical (unpaired) electrons. The molecular weight excluding hydrogens is 448 g/mol. The first-order valence-electron chi connectivity index (χ1n) is 9.35. The topological polar surface area (TPSA) is 224 Å². The molecule has 2 aromatic carbocycles. The summed E-state index contributed by atoms with van der Waals surface area (Å²) in [4.78, 5) is 24.7. The third-order valence-corrected chi connectivity index (χ3v) is 4.81. The van der Waals surface area contributed by atoms with E-state index in [0.29, 0.717) is 0 Å². The second kappa shape index (κ2) is 9.28. The summed E-state index contributed by atoms with van der Waals surface area (Å²) in [6.07, 6.45) is -5.95. The highest BCUT2D eigenvalue weighted by atomic mass is 16.6. The number of carbonyl (C=O) groups is 2. The summed E-state index contributed by atoms with van der Waals surface area (Å²) in [6.45, 7) is -0.992. The van der Waals surface area contributed by atoms with Crippen LogP contribution in [0.5, 0.6) is 34.5 Å². The van der Waals surface area contributed by atoms with Crippen molar-refractivity contribution in [1.82, 2.24) is 0 Å². The molecule has 8 N–H and O–H groups in total. The van der Waals surface area contributed by atoms with E-state index in [1.165, 1.54) is 0 Å². The van der Waals surface area contributed by atoms with Crippen LogP contribution in [-0.2, 0) is 14.2 Å². The third-order valence-electron chi connectivity index (χ3n) is 4.81. The van der Waals surface area contributed by atoms with Gasteiger partial charge in [0.25, 0.3) is 0 Å². The van der Waals surface area contributed by atoms with Crippen molar-refractivity contribution in [1.29, 1.82) is 0 Å². The minimum atomic E-state index is -1.66. The monoisotopic (exact) mass is 468 g/mol. The summed E-state index contributed by atoms with van der Waals surface area (Å²) < 4.78 is 15.4. The molecule has 2 unspecified atom stereocenters. The second-order valence-electron chi connectivity index (χ2n) is 7.12. The maximum Gasteiger partial charge on any atom is 0.338 e. The van der Waals surface area contributed by atoms with Crippen LogP contribution in [0.2, 0.25) is 0 Å². The Labute approximate surface area is 184 Å². The van der Waals surface area contributed by atoms with Gasteiger partial charge in [0.2, 0.25) is 0 Å². The van der Waals surface area contributed by atoms with Gasteiger partial charge in [-0.25, -0.2) is 9.59 Å². The van der Waals surface area contributed by atoms with Crippen LogP contribution in [-0.4, -0.2) is 90.4 Å². The number of esters is 2. The minimum Gasteiger partial charge on any atom is -0.504 e. The molecular formula is C20H20O13. The van der Waals surface area contributed by atoms with Gasteiger partial charge in [-0.2, -0.15) is 0 Å². The van der Waals surface area contributed by atoms with Crippen LogP contribution in [0.1, 0.15) is 20.7 Å². The van der Waals surface area contributed by atoms with E-state index in [1.807, 2.05) is 0 Å². The van der Waals surface area contributed by atoms with E-state index >= 15 is 0 Å². The predicted octanol–water partition coefficient (Wildman–Crippen LogP) is -0.577. The Kier molecular flexibility index (Phi) is 6.67. The zero-order valence-electron chi connectivity index (χ0n) is 16.7. The van der Waals surface area contributed by atoms with Gasteiger partial charge in [0.1, 0.15) is 24.9 Å². The summed E-state index contributed by atoms with van der Waals surface area (Å²) in [6, 6.07) is 3.25. The van der Waals surface area contributed by atoms with Crippen molar-refractivity contribution in [2.45, 2.75) is 24.4 Å². The smallest absolute Gasteiger partial charge is 0.338 e. The summed E-state index contributed by atoms with van der Waals surface area (Å²) in [5.41, 5.74) is -0.733. The van der Waals surface area contributed by atoms with E-state index in [4.69, 9.17) is 14.2 Å². The van der Waals surface area contributed by atoms with Gasteiger partial charge in [0.15, 0.2) is 40.6 Å². The van der Waals surface area contributed by atoms with Crippen LogP contribution >= 0.6 is 0 Å². The van der Waals surface area contributed by atoms with Crippen LogP contribution in [0.3, 0.4) is 0 Å². The largest absolute Gasteiger partial charge is 0.504 e. The Hall–Kier alpha value is -3.94. The number of rotatable bonds is 5. The summed E-state index contributed by atoms with van der Waals surface area (Å²) in [5.74, 6) is -7.11. The normalized spacial score (nSPS) is 22.5. The van der Waals surface area contributed by atoms with Crippen molar-refractivity contribution in [2.24, 2.45) is 0 Å². The fourth-order valence-corrected chi connectivity index (χ4v) is 3.02. The molecule has 1 fully saturated rings. The van der Waals surface area contributed by atoms with Gasteiger partial charge >= 0.3 is 11.9 Å². The lowest BCUT2D eigenvalue weighted by Gasteiger charge is -2.37. The fourth-order valence-electron chi connectivity index (χ4n) is 3.02. The minimum absolute atomic E-state index is 0.331. The molecule has 1 heterocycles. The molecule has 2 aromatic rings. The SMILES string of the molecule is O=C(OCC1OC[C@H](O)C(O)[C@@H]1OC(=O)c1cc(O)c(O)c(O)c1)c1cc(O)c(O)c(O)c1. The molecule has 0 aliphatic carbocycles. The average molecular weight is 468 g/mol. The van der Waals surface area contributed by atoms with E-state index in [1.54, 1.807) is 0 Å². The maximum atomic E-state index is 12.4. The maximum absolute atomic E-state index is 12.4. The van der Waals surface area contributed by atoms with E-state index in [-0.39, 0.29) is 12.2 Å². The molecule has 0 amide bonds. The molecule has 0 spiro atoms. The lowest BCUT2D eigenvalue weighted by molar-refractivity contribution is -0.196. The van der Waals surface area contributed by atoms with Crippen molar-refractivity contribution in [2.75, 3.05) is 13.2 Å². The second-order valence-corrected chi connectivity index (χ2v) is 7.12.